The molecule has 1 aliphatic carbocycles. The minimum absolute atomic E-state index is 0.117. The lowest BCUT2D eigenvalue weighted by molar-refractivity contribution is 0.0492. The second-order valence-corrected chi connectivity index (χ2v) is 7.42. The molecule has 0 aliphatic heterocycles. The number of nitrogens with one attached hydrogen (secondary N) is 3. The van der Waals surface area contributed by atoms with Gasteiger partial charge in [-0.25, -0.2) is 14.2 Å². The van der Waals surface area contributed by atoms with Crippen molar-refractivity contribution in [3.05, 3.63) is 18.1 Å². The fourth-order valence-corrected chi connectivity index (χ4v) is 2.93. The smallest absolute Gasteiger partial charge is 0.407 e. The van der Waals surface area contributed by atoms with Crippen LogP contribution in [0.5, 0.6) is 0 Å². The van der Waals surface area contributed by atoms with Crippen molar-refractivity contribution in [2.24, 2.45) is 0 Å². The first-order valence-corrected chi connectivity index (χ1v) is 8.92. The summed E-state index contributed by atoms with van der Waals surface area (Å²) >= 11 is 0. The summed E-state index contributed by atoms with van der Waals surface area (Å²) in [5, 5.41) is 9.44. The first-order chi connectivity index (χ1) is 11.8. The van der Waals surface area contributed by atoms with Gasteiger partial charge in [-0.05, 0) is 53.4 Å². The minimum atomic E-state index is -0.490. The van der Waals surface area contributed by atoms with Crippen molar-refractivity contribution in [1.82, 2.24) is 10.3 Å². The van der Waals surface area contributed by atoms with Gasteiger partial charge in [0, 0.05) is 24.7 Å². The van der Waals surface area contributed by atoms with Crippen LogP contribution < -0.4 is 16.0 Å². The van der Waals surface area contributed by atoms with Crippen LogP contribution in [-0.4, -0.2) is 35.3 Å². The lowest BCUT2D eigenvalue weighted by atomic mass is 9.91. The average Bonchev–Trinajstić information content (AvgIpc) is 2.50. The largest absolute Gasteiger partial charge is 0.444 e. The molecule has 0 radical (unpaired) electrons. The molecule has 6 nitrogen and oxygen atoms in total. The maximum atomic E-state index is 13.5. The maximum Gasteiger partial charge on any atom is 0.407 e. The van der Waals surface area contributed by atoms with Crippen molar-refractivity contribution in [2.45, 2.75) is 71.1 Å². The second kappa shape index (κ2) is 8.36. The number of pyridine rings is 1. The summed E-state index contributed by atoms with van der Waals surface area (Å²) in [4.78, 5) is 15.9. The fraction of sp³-hybridized carbons (Fsp3) is 0.667. The van der Waals surface area contributed by atoms with Crippen molar-refractivity contribution in [1.29, 1.82) is 0 Å². The molecule has 0 bridgehead atoms. The summed E-state index contributed by atoms with van der Waals surface area (Å²) in [6, 6.07) is 1.82. The highest BCUT2D eigenvalue weighted by Crippen LogP contribution is 2.26. The molecule has 0 atom stereocenters. The Morgan fingerprint density at radius 1 is 1.28 bits per heavy atom. The summed E-state index contributed by atoms with van der Waals surface area (Å²) in [6.45, 7) is 8.25. The number of hydrogen-bond donors (Lipinski definition) is 3. The monoisotopic (exact) mass is 352 g/mol. The number of amides is 1. The maximum absolute atomic E-state index is 13.5. The summed E-state index contributed by atoms with van der Waals surface area (Å²) in [5.74, 6) is 0.308. The Morgan fingerprint density at radius 3 is 2.52 bits per heavy atom. The molecular weight excluding hydrogens is 323 g/mol. The van der Waals surface area contributed by atoms with Gasteiger partial charge in [0.15, 0.2) is 0 Å². The SMILES string of the molecule is CCNc1ncc(F)cc1NC1CCC(NC(=O)OC(C)(C)C)CC1. The number of hydrogen-bond acceptors (Lipinski definition) is 5. The van der Waals surface area contributed by atoms with Gasteiger partial charge in [-0.2, -0.15) is 0 Å². The molecule has 0 spiro atoms. The molecular formula is C18H29FN4O2. The Morgan fingerprint density at radius 2 is 1.92 bits per heavy atom. The van der Waals surface area contributed by atoms with Gasteiger partial charge < -0.3 is 20.7 Å². The van der Waals surface area contributed by atoms with Gasteiger partial charge in [0.05, 0.1) is 11.9 Å². The van der Waals surface area contributed by atoms with Crippen molar-refractivity contribution in [3.63, 3.8) is 0 Å². The first-order valence-electron chi connectivity index (χ1n) is 8.92. The third kappa shape index (κ3) is 6.40. The van der Waals surface area contributed by atoms with Crippen LogP contribution in [0.1, 0.15) is 53.4 Å². The van der Waals surface area contributed by atoms with Crippen LogP contribution in [0.2, 0.25) is 0 Å². The normalized spacial score (nSPS) is 20.7. The number of ether oxygens (including phenoxy) is 1. The van der Waals surface area contributed by atoms with Gasteiger partial charge >= 0.3 is 6.09 Å². The van der Waals surface area contributed by atoms with Crippen LogP contribution in [-0.2, 0) is 4.74 Å². The van der Waals surface area contributed by atoms with E-state index in [1.807, 2.05) is 27.7 Å². The van der Waals surface area contributed by atoms with Crippen LogP contribution >= 0.6 is 0 Å². The molecule has 0 unspecified atom stereocenters. The van der Waals surface area contributed by atoms with E-state index >= 15 is 0 Å². The van der Waals surface area contributed by atoms with Crippen LogP contribution in [0.15, 0.2) is 12.3 Å². The molecule has 1 aromatic rings. The third-order valence-electron chi connectivity index (χ3n) is 4.01. The zero-order valence-electron chi connectivity index (χ0n) is 15.5. The minimum Gasteiger partial charge on any atom is -0.444 e. The third-order valence-corrected chi connectivity index (χ3v) is 4.01. The molecule has 1 saturated carbocycles. The van der Waals surface area contributed by atoms with Gasteiger partial charge in [-0.3, -0.25) is 0 Å². The molecule has 3 N–H and O–H groups in total. The Labute approximate surface area is 148 Å². The van der Waals surface area contributed by atoms with Gasteiger partial charge in [-0.1, -0.05) is 0 Å². The molecule has 2 rings (SSSR count). The zero-order chi connectivity index (χ0) is 18.4. The van der Waals surface area contributed by atoms with E-state index < -0.39 is 5.60 Å². The molecule has 1 fully saturated rings. The topological polar surface area (TPSA) is 75.3 Å². The Bertz CT molecular complexity index is 581. The first kappa shape index (κ1) is 19.3. The molecule has 1 aliphatic rings. The van der Waals surface area contributed by atoms with E-state index in [0.717, 1.165) is 32.2 Å². The van der Waals surface area contributed by atoms with E-state index in [4.69, 9.17) is 4.74 Å². The lowest BCUT2D eigenvalue weighted by Gasteiger charge is -2.31. The highest BCUT2D eigenvalue weighted by molar-refractivity contribution is 5.68. The summed E-state index contributed by atoms with van der Waals surface area (Å²) in [7, 11) is 0. The number of aromatic nitrogens is 1. The number of halogens is 1. The molecule has 140 valence electrons. The van der Waals surface area contributed by atoms with E-state index in [0.29, 0.717) is 11.5 Å². The van der Waals surface area contributed by atoms with Crippen molar-refractivity contribution >= 4 is 17.6 Å². The predicted octanol–water partition coefficient (Wildman–Crippen LogP) is 3.90. The van der Waals surface area contributed by atoms with E-state index in [-0.39, 0.29) is 24.0 Å². The number of anilines is 2. The van der Waals surface area contributed by atoms with Gasteiger partial charge in [0.1, 0.15) is 17.2 Å². The van der Waals surface area contributed by atoms with E-state index in [9.17, 15) is 9.18 Å². The van der Waals surface area contributed by atoms with Gasteiger partial charge in [0.25, 0.3) is 0 Å². The molecule has 0 aromatic carbocycles. The molecule has 25 heavy (non-hydrogen) atoms. The van der Waals surface area contributed by atoms with Crippen molar-refractivity contribution in [2.75, 3.05) is 17.2 Å². The fourth-order valence-electron chi connectivity index (χ4n) is 2.93. The molecule has 1 heterocycles. The highest BCUT2D eigenvalue weighted by Gasteiger charge is 2.25. The van der Waals surface area contributed by atoms with E-state index in [1.54, 1.807) is 0 Å². The van der Waals surface area contributed by atoms with Crippen LogP contribution in [0.3, 0.4) is 0 Å². The van der Waals surface area contributed by atoms with Crippen molar-refractivity contribution in [3.8, 4) is 0 Å². The van der Waals surface area contributed by atoms with Gasteiger partial charge in [-0.15, -0.1) is 0 Å². The molecule has 1 aromatic heterocycles. The zero-order valence-corrected chi connectivity index (χ0v) is 15.5. The standard InChI is InChI=1S/C18H29FN4O2/c1-5-20-16-15(10-12(19)11-21-16)22-13-6-8-14(9-7-13)23-17(24)25-18(2,3)4/h10-11,13-14,22H,5-9H2,1-4H3,(H,20,21)(H,23,24). The summed E-state index contributed by atoms with van der Waals surface area (Å²) in [5.41, 5.74) is 0.195. The number of carbonyl (C=O) groups excluding carboxylic acids is 1. The van der Waals surface area contributed by atoms with Gasteiger partial charge in [0.2, 0.25) is 0 Å². The predicted molar refractivity (Wildman–Crippen MR) is 97.4 cm³/mol. The number of carbonyl (C=O) groups is 1. The highest BCUT2D eigenvalue weighted by atomic mass is 19.1. The van der Waals surface area contributed by atoms with E-state index in [1.165, 1.54) is 12.3 Å². The molecule has 7 heteroatoms. The average molecular weight is 352 g/mol. The number of rotatable bonds is 5. The molecule has 1 amide bonds. The van der Waals surface area contributed by atoms with E-state index in [2.05, 4.69) is 20.9 Å². The van der Waals surface area contributed by atoms with Crippen LogP contribution in [0.25, 0.3) is 0 Å². The van der Waals surface area contributed by atoms with Crippen LogP contribution in [0, 0.1) is 5.82 Å². The summed E-state index contributed by atoms with van der Waals surface area (Å²) < 4.78 is 18.8. The number of alkyl carbamates (subject to hydrolysis) is 1. The Balaban J connectivity index is 1.85. The molecule has 0 saturated heterocycles. The summed E-state index contributed by atoms with van der Waals surface area (Å²) in [6.07, 6.45) is 4.34. The quantitative estimate of drug-likeness (QED) is 0.749. The Hall–Kier alpha value is -2.05. The number of nitrogens with zero attached hydrogens (tertiary/aromatic N) is 1. The Kier molecular flexibility index (Phi) is 6.45. The van der Waals surface area contributed by atoms with Crippen molar-refractivity contribution < 1.29 is 13.9 Å². The lowest BCUT2D eigenvalue weighted by Crippen LogP contribution is -2.42. The van der Waals surface area contributed by atoms with Crippen LogP contribution in [0.4, 0.5) is 20.7 Å². The second-order valence-electron chi connectivity index (χ2n) is 7.42.